The molecule has 4 aromatic carbocycles. The molecule has 4 aromatic rings. The van der Waals surface area contributed by atoms with E-state index in [1.54, 1.807) is 0 Å². The van der Waals surface area contributed by atoms with Crippen molar-refractivity contribution in [3.05, 3.63) is 150 Å². The Balaban J connectivity index is 1.62. The fourth-order valence-electron chi connectivity index (χ4n) is 3.92. The van der Waals surface area contributed by atoms with Crippen molar-refractivity contribution in [3.63, 3.8) is 0 Å². The lowest BCUT2D eigenvalue weighted by Crippen LogP contribution is -2.45. The van der Waals surface area contributed by atoms with Crippen molar-refractivity contribution in [2.75, 3.05) is 0 Å². The van der Waals surface area contributed by atoms with Crippen LogP contribution in [0.25, 0.3) is 6.08 Å². The van der Waals surface area contributed by atoms with Gasteiger partial charge in [0.2, 0.25) is 5.91 Å². The zero-order chi connectivity index (χ0) is 23.4. The van der Waals surface area contributed by atoms with E-state index in [4.69, 9.17) is 0 Å². The van der Waals surface area contributed by atoms with Crippen LogP contribution in [-0.2, 0) is 24.4 Å². The molecule has 0 spiro atoms. The van der Waals surface area contributed by atoms with Crippen molar-refractivity contribution in [2.24, 2.45) is 0 Å². The molecule has 4 rings (SSSR count). The fourth-order valence-corrected chi connectivity index (χ4v) is 3.92. The van der Waals surface area contributed by atoms with Crippen molar-refractivity contribution in [1.82, 2.24) is 10.2 Å². The van der Waals surface area contributed by atoms with E-state index >= 15 is 0 Å². The number of rotatable bonds is 10. The molecule has 1 atom stereocenters. The largest absolute Gasteiger partial charge is 0.350 e. The van der Waals surface area contributed by atoms with Crippen molar-refractivity contribution in [1.29, 1.82) is 0 Å². The molecule has 0 heterocycles. The molecule has 1 N–H and O–H groups in total. The first-order chi connectivity index (χ1) is 16.8. The Morgan fingerprint density at radius 1 is 0.647 bits per heavy atom. The summed E-state index contributed by atoms with van der Waals surface area (Å²) in [5.41, 5.74) is 4.50. The molecule has 1 unspecified atom stereocenters. The molecule has 170 valence electrons. The highest BCUT2D eigenvalue weighted by atomic mass is 16.2. The molecule has 0 fully saturated rings. The Labute approximate surface area is 202 Å². The van der Waals surface area contributed by atoms with Gasteiger partial charge in [0.05, 0.1) is 0 Å². The minimum absolute atomic E-state index is 0.0112. The number of benzene rings is 4. The maximum absolute atomic E-state index is 13.6. The smallest absolute Gasteiger partial charge is 0.241 e. The van der Waals surface area contributed by atoms with Gasteiger partial charge in [0.1, 0.15) is 6.04 Å². The van der Waals surface area contributed by atoms with E-state index in [0.29, 0.717) is 19.6 Å². The summed E-state index contributed by atoms with van der Waals surface area (Å²) in [6.45, 7) is 1.83. The monoisotopic (exact) mass is 446 g/mol. The summed E-state index contributed by atoms with van der Waals surface area (Å²) in [7, 11) is 0. The molecule has 0 aliphatic carbocycles. The van der Waals surface area contributed by atoms with E-state index in [-0.39, 0.29) is 5.91 Å². The van der Waals surface area contributed by atoms with Gasteiger partial charge in [-0.15, -0.1) is 0 Å². The van der Waals surface area contributed by atoms with E-state index in [1.165, 1.54) is 11.1 Å². The minimum Gasteiger partial charge on any atom is -0.350 e. The summed E-state index contributed by atoms with van der Waals surface area (Å²) in [6, 6.07) is 40.4. The van der Waals surface area contributed by atoms with Gasteiger partial charge in [-0.2, -0.15) is 0 Å². The first-order valence-electron chi connectivity index (χ1n) is 11.6. The maximum atomic E-state index is 13.6. The molecule has 0 saturated carbocycles. The SMILES string of the molecule is O=C(NCc1ccccc1)C(/C=C/c1ccccc1)N(Cc1ccccc1)Cc1ccccc1. The van der Waals surface area contributed by atoms with E-state index in [0.717, 1.165) is 11.1 Å². The van der Waals surface area contributed by atoms with Crippen molar-refractivity contribution in [2.45, 2.75) is 25.7 Å². The molecular weight excluding hydrogens is 416 g/mol. The number of amides is 1. The fraction of sp³-hybridized carbons (Fsp3) is 0.129. The van der Waals surface area contributed by atoms with Gasteiger partial charge in [-0.05, 0) is 22.3 Å². The lowest BCUT2D eigenvalue weighted by atomic mass is 10.1. The third-order valence-electron chi connectivity index (χ3n) is 5.70. The molecule has 0 saturated heterocycles. The Morgan fingerprint density at radius 2 is 1.09 bits per heavy atom. The average Bonchev–Trinajstić information content (AvgIpc) is 2.90. The van der Waals surface area contributed by atoms with Crippen molar-refractivity contribution >= 4 is 12.0 Å². The zero-order valence-electron chi connectivity index (χ0n) is 19.3. The minimum atomic E-state index is -0.427. The van der Waals surface area contributed by atoms with Crippen LogP contribution in [-0.4, -0.2) is 16.8 Å². The molecule has 1 amide bonds. The number of nitrogens with zero attached hydrogens (tertiary/aromatic N) is 1. The van der Waals surface area contributed by atoms with Crippen LogP contribution in [0.2, 0.25) is 0 Å². The van der Waals surface area contributed by atoms with Crippen molar-refractivity contribution < 1.29 is 4.79 Å². The Bertz CT molecular complexity index is 1120. The average molecular weight is 447 g/mol. The standard InChI is InChI=1S/C31H30N2O/c34-31(32-23-27-15-7-2-8-16-27)30(22-21-26-13-5-1-6-14-26)33(24-28-17-9-3-10-18-28)25-29-19-11-4-12-20-29/h1-22,30H,23-25H2,(H,32,34)/b22-21+. The van der Waals surface area contributed by atoms with Crippen LogP contribution in [0.1, 0.15) is 22.3 Å². The second-order valence-corrected chi connectivity index (χ2v) is 8.29. The van der Waals surface area contributed by atoms with Crippen LogP contribution in [0.5, 0.6) is 0 Å². The van der Waals surface area contributed by atoms with Gasteiger partial charge >= 0.3 is 0 Å². The highest BCUT2D eigenvalue weighted by Gasteiger charge is 2.24. The molecule has 3 nitrogen and oxygen atoms in total. The molecular formula is C31H30N2O. The van der Waals surface area contributed by atoms with Crippen LogP contribution in [0.15, 0.2) is 127 Å². The molecule has 0 aliphatic heterocycles. The normalized spacial score (nSPS) is 12.0. The number of carbonyl (C=O) groups excluding carboxylic acids is 1. The van der Waals surface area contributed by atoms with E-state index in [1.807, 2.05) is 109 Å². The summed E-state index contributed by atoms with van der Waals surface area (Å²) >= 11 is 0. The highest BCUT2D eigenvalue weighted by molar-refractivity contribution is 5.84. The van der Waals surface area contributed by atoms with Gasteiger partial charge in [-0.3, -0.25) is 9.69 Å². The Morgan fingerprint density at radius 3 is 1.59 bits per heavy atom. The summed E-state index contributed by atoms with van der Waals surface area (Å²) in [5, 5.41) is 3.16. The maximum Gasteiger partial charge on any atom is 0.241 e. The topological polar surface area (TPSA) is 32.3 Å². The Kier molecular flexibility index (Phi) is 8.42. The number of hydrogen-bond acceptors (Lipinski definition) is 2. The molecule has 0 bridgehead atoms. The third kappa shape index (κ3) is 7.03. The summed E-state index contributed by atoms with van der Waals surface area (Å²) in [5.74, 6) is -0.0112. The Hall–Kier alpha value is -3.95. The lowest BCUT2D eigenvalue weighted by Gasteiger charge is -2.29. The van der Waals surface area contributed by atoms with Crippen LogP contribution in [0, 0.1) is 0 Å². The quantitative estimate of drug-likeness (QED) is 0.320. The second-order valence-electron chi connectivity index (χ2n) is 8.29. The number of hydrogen-bond donors (Lipinski definition) is 1. The molecule has 3 heteroatoms. The van der Waals surface area contributed by atoms with Gasteiger partial charge < -0.3 is 5.32 Å². The van der Waals surface area contributed by atoms with Crippen LogP contribution < -0.4 is 5.32 Å². The van der Waals surface area contributed by atoms with Gasteiger partial charge in [0.25, 0.3) is 0 Å². The predicted molar refractivity (Wildman–Crippen MR) is 140 cm³/mol. The molecule has 34 heavy (non-hydrogen) atoms. The van der Waals surface area contributed by atoms with E-state index in [2.05, 4.69) is 34.5 Å². The van der Waals surface area contributed by atoms with Crippen molar-refractivity contribution in [3.8, 4) is 0 Å². The first-order valence-corrected chi connectivity index (χ1v) is 11.6. The summed E-state index contributed by atoms with van der Waals surface area (Å²) in [6.07, 6.45) is 4.05. The van der Waals surface area contributed by atoms with Gasteiger partial charge in [-0.1, -0.05) is 133 Å². The van der Waals surface area contributed by atoms with Crippen LogP contribution in [0.3, 0.4) is 0 Å². The van der Waals surface area contributed by atoms with Gasteiger partial charge in [0.15, 0.2) is 0 Å². The molecule has 0 aliphatic rings. The predicted octanol–water partition coefficient (Wildman–Crippen LogP) is 6.09. The lowest BCUT2D eigenvalue weighted by molar-refractivity contribution is -0.125. The van der Waals surface area contributed by atoms with E-state index < -0.39 is 6.04 Å². The third-order valence-corrected chi connectivity index (χ3v) is 5.70. The highest BCUT2D eigenvalue weighted by Crippen LogP contribution is 2.16. The van der Waals surface area contributed by atoms with E-state index in [9.17, 15) is 4.79 Å². The number of carbonyl (C=O) groups is 1. The first kappa shape index (κ1) is 23.2. The molecule has 0 radical (unpaired) electrons. The van der Waals surface area contributed by atoms with Crippen LogP contribution >= 0.6 is 0 Å². The number of nitrogens with one attached hydrogen (secondary N) is 1. The second kappa shape index (κ2) is 12.3. The van der Waals surface area contributed by atoms with Crippen LogP contribution in [0.4, 0.5) is 0 Å². The molecule has 0 aromatic heterocycles. The summed E-state index contributed by atoms with van der Waals surface area (Å²) in [4.78, 5) is 15.8. The zero-order valence-corrected chi connectivity index (χ0v) is 19.3. The van der Waals surface area contributed by atoms with Gasteiger partial charge in [0, 0.05) is 19.6 Å². The summed E-state index contributed by atoms with van der Waals surface area (Å²) < 4.78 is 0. The van der Waals surface area contributed by atoms with Gasteiger partial charge in [-0.25, -0.2) is 0 Å².